The predicted octanol–water partition coefficient (Wildman–Crippen LogP) is 3.09. The van der Waals surface area contributed by atoms with Crippen LogP contribution in [0.5, 0.6) is 0 Å². The lowest BCUT2D eigenvalue weighted by Gasteiger charge is -2.13. The van der Waals surface area contributed by atoms with Gasteiger partial charge in [0.1, 0.15) is 16.4 Å². The molecule has 0 atom stereocenters. The van der Waals surface area contributed by atoms with Crippen molar-refractivity contribution < 1.29 is 0 Å². The highest BCUT2D eigenvalue weighted by atomic mass is 32.1. The maximum absolute atomic E-state index is 4.64. The Morgan fingerprint density at radius 3 is 2.78 bits per heavy atom. The number of aromatic nitrogens is 3. The van der Waals surface area contributed by atoms with E-state index in [9.17, 15) is 0 Å². The zero-order valence-corrected chi connectivity index (χ0v) is 13.8. The highest BCUT2D eigenvalue weighted by Gasteiger charge is 2.12. The van der Waals surface area contributed by atoms with Crippen molar-refractivity contribution in [3.63, 3.8) is 0 Å². The minimum Gasteiger partial charge on any atom is -0.356 e. The molecule has 0 saturated heterocycles. The lowest BCUT2D eigenvalue weighted by Crippen LogP contribution is -2.35. The summed E-state index contributed by atoms with van der Waals surface area (Å²) >= 11 is 3.13. The van der Waals surface area contributed by atoms with E-state index in [1.807, 2.05) is 29.0 Å². The van der Waals surface area contributed by atoms with Crippen LogP contribution in [0.15, 0.2) is 40.1 Å². The molecular formula is C15H14N6S2. The van der Waals surface area contributed by atoms with Crippen molar-refractivity contribution in [1.29, 1.82) is 0 Å². The van der Waals surface area contributed by atoms with Crippen LogP contribution in [-0.4, -0.2) is 34.0 Å². The standard InChI is InChI=1S/C15H14N6S2/c1-2-5-16-10(4-1)13-19-11(8-22-13)12-9-23-15(20-12)21-14-17-6-3-7-18-14/h1-2,4-5,8-9H,3,6-7H2,(H2,17,18,20,21). The molecule has 0 saturated carbocycles. The summed E-state index contributed by atoms with van der Waals surface area (Å²) in [6.45, 7) is 1.80. The second kappa shape index (κ2) is 6.43. The Morgan fingerprint density at radius 1 is 1.04 bits per heavy atom. The molecule has 1 aliphatic rings. The van der Waals surface area contributed by atoms with E-state index >= 15 is 0 Å². The summed E-state index contributed by atoms with van der Waals surface area (Å²) in [6.07, 6.45) is 2.85. The van der Waals surface area contributed by atoms with E-state index in [1.165, 1.54) is 0 Å². The van der Waals surface area contributed by atoms with Gasteiger partial charge in [0.05, 0.1) is 5.69 Å². The Morgan fingerprint density at radius 2 is 1.96 bits per heavy atom. The molecule has 4 rings (SSSR count). The number of hydrogen-bond donors (Lipinski definition) is 2. The number of aliphatic imine (C=N–C) groups is 1. The Balaban J connectivity index is 1.53. The van der Waals surface area contributed by atoms with Gasteiger partial charge in [-0.1, -0.05) is 6.07 Å². The van der Waals surface area contributed by atoms with Gasteiger partial charge >= 0.3 is 0 Å². The third-order valence-electron chi connectivity index (χ3n) is 3.28. The summed E-state index contributed by atoms with van der Waals surface area (Å²) in [4.78, 5) is 18.0. The first-order chi connectivity index (χ1) is 11.4. The number of nitrogens with zero attached hydrogens (tertiary/aromatic N) is 4. The van der Waals surface area contributed by atoms with Gasteiger partial charge in [-0.2, -0.15) is 0 Å². The Kier molecular flexibility index (Phi) is 3.99. The molecule has 0 bridgehead atoms. The summed E-state index contributed by atoms with van der Waals surface area (Å²) in [5, 5.41) is 12.2. The average molecular weight is 342 g/mol. The number of hydrogen-bond acceptors (Lipinski definition) is 8. The molecule has 1 aliphatic heterocycles. The summed E-state index contributed by atoms with van der Waals surface area (Å²) in [6, 6.07) is 5.83. The predicted molar refractivity (Wildman–Crippen MR) is 95.0 cm³/mol. The van der Waals surface area contributed by atoms with E-state index in [2.05, 4.69) is 30.6 Å². The largest absolute Gasteiger partial charge is 0.356 e. The van der Waals surface area contributed by atoms with Gasteiger partial charge in [0.15, 0.2) is 11.1 Å². The van der Waals surface area contributed by atoms with E-state index in [0.29, 0.717) is 0 Å². The average Bonchev–Trinajstić information content (AvgIpc) is 3.26. The molecule has 4 heterocycles. The first kappa shape index (κ1) is 14.3. The molecule has 8 heteroatoms. The van der Waals surface area contributed by atoms with Crippen LogP contribution >= 0.6 is 22.7 Å². The number of guanidine groups is 1. The third-order valence-corrected chi connectivity index (χ3v) is 4.90. The van der Waals surface area contributed by atoms with Gasteiger partial charge in [0.25, 0.3) is 0 Å². The molecule has 2 N–H and O–H groups in total. The van der Waals surface area contributed by atoms with E-state index in [4.69, 9.17) is 0 Å². The minimum atomic E-state index is 0.796. The molecule has 0 amide bonds. The van der Waals surface area contributed by atoms with E-state index in [0.717, 1.165) is 52.7 Å². The summed E-state index contributed by atoms with van der Waals surface area (Å²) < 4.78 is 0. The fourth-order valence-electron chi connectivity index (χ4n) is 2.16. The molecule has 3 aromatic rings. The number of pyridine rings is 1. The zero-order valence-electron chi connectivity index (χ0n) is 12.2. The molecule has 0 radical (unpaired) electrons. The van der Waals surface area contributed by atoms with Gasteiger partial charge in [0, 0.05) is 30.0 Å². The van der Waals surface area contributed by atoms with Crippen molar-refractivity contribution in [1.82, 2.24) is 20.3 Å². The summed E-state index contributed by atoms with van der Waals surface area (Å²) in [5.41, 5.74) is 2.63. The van der Waals surface area contributed by atoms with Gasteiger partial charge in [-0.15, -0.1) is 22.7 Å². The van der Waals surface area contributed by atoms with Gasteiger partial charge in [-0.3, -0.25) is 9.98 Å². The van der Waals surface area contributed by atoms with Crippen LogP contribution < -0.4 is 10.6 Å². The van der Waals surface area contributed by atoms with Crippen LogP contribution in [0, 0.1) is 0 Å². The molecule has 23 heavy (non-hydrogen) atoms. The van der Waals surface area contributed by atoms with Crippen LogP contribution in [0.1, 0.15) is 6.42 Å². The smallest absolute Gasteiger partial charge is 0.197 e. The van der Waals surface area contributed by atoms with Crippen LogP contribution in [0.25, 0.3) is 22.1 Å². The number of nitrogens with one attached hydrogen (secondary N) is 2. The molecule has 0 unspecified atom stereocenters. The number of anilines is 1. The first-order valence-corrected chi connectivity index (χ1v) is 9.02. The lowest BCUT2D eigenvalue weighted by atomic mass is 10.3. The van der Waals surface area contributed by atoms with Gasteiger partial charge in [-0.05, 0) is 18.6 Å². The van der Waals surface area contributed by atoms with E-state index in [-0.39, 0.29) is 0 Å². The quantitative estimate of drug-likeness (QED) is 0.765. The van der Waals surface area contributed by atoms with Crippen LogP contribution in [0.4, 0.5) is 5.13 Å². The van der Waals surface area contributed by atoms with Crippen LogP contribution in [-0.2, 0) is 0 Å². The molecular weight excluding hydrogens is 328 g/mol. The SMILES string of the molecule is c1ccc(-c2nc(-c3csc(NC4=NCCCN4)n3)cs2)nc1. The van der Waals surface area contributed by atoms with Crippen molar-refractivity contribution in [3.05, 3.63) is 35.2 Å². The molecule has 0 aliphatic carbocycles. The maximum atomic E-state index is 4.64. The molecule has 0 aromatic carbocycles. The lowest BCUT2D eigenvalue weighted by molar-refractivity contribution is 0.740. The van der Waals surface area contributed by atoms with Crippen LogP contribution in [0.3, 0.4) is 0 Å². The summed E-state index contributed by atoms with van der Waals surface area (Å²) in [5.74, 6) is 0.796. The highest BCUT2D eigenvalue weighted by Crippen LogP contribution is 2.29. The fourth-order valence-corrected chi connectivity index (χ4v) is 3.66. The normalized spacial score (nSPS) is 14.2. The summed E-state index contributed by atoms with van der Waals surface area (Å²) in [7, 11) is 0. The topological polar surface area (TPSA) is 75.1 Å². The molecule has 0 fully saturated rings. The Hall–Kier alpha value is -2.32. The monoisotopic (exact) mass is 342 g/mol. The Bertz CT molecular complexity index is 823. The van der Waals surface area contributed by atoms with E-state index < -0.39 is 0 Å². The van der Waals surface area contributed by atoms with Gasteiger partial charge < -0.3 is 10.6 Å². The van der Waals surface area contributed by atoms with Crippen molar-refractivity contribution in [2.24, 2.45) is 4.99 Å². The third kappa shape index (κ3) is 3.22. The fraction of sp³-hybridized carbons (Fsp3) is 0.200. The van der Waals surface area contributed by atoms with Gasteiger partial charge in [-0.25, -0.2) is 9.97 Å². The number of rotatable bonds is 3. The maximum Gasteiger partial charge on any atom is 0.197 e. The zero-order chi connectivity index (χ0) is 15.5. The molecule has 0 spiro atoms. The van der Waals surface area contributed by atoms with E-state index in [1.54, 1.807) is 28.9 Å². The van der Waals surface area contributed by atoms with Crippen LogP contribution in [0.2, 0.25) is 0 Å². The molecule has 6 nitrogen and oxygen atoms in total. The minimum absolute atomic E-state index is 0.796. The van der Waals surface area contributed by atoms with Crippen molar-refractivity contribution in [3.8, 4) is 22.1 Å². The second-order valence-electron chi connectivity index (χ2n) is 4.93. The van der Waals surface area contributed by atoms with Crippen molar-refractivity contribution >= 4 is 33.8 Å². The first-order valence-electron chi connectivity index (χ1n) is 7.27. The number of thiazole rings is 2. The molecule has 116 valence electrons. The molecule has 3 aromatic heterocycles. The Labute approximate surface area is 141 Å². The highest BCUT2D eigenvalue weighted by molar-refractivity contribution is 7.14. The van der Waals surface area contributed by atoms with Crippen molar-refractivity contribution in [2.45, 2.75) is 6.42 Å². The second-order valence-corrected chi connectivity index (χ2v) is 6.64. The van der Waals surface area contributed by atoms with Crippen molar-refractivity contribution in [2.75, 3.05) is 18.4 Å². The van der Waals surface area contributed by atoms with Gasteiger partial charge in [0.2, 0.25) is 0 Å².